The van der Waals surface area contributed by atoms with Gasteiger partial charge in [0.15, 0.2) is 0 Å². The van der Waals surface area contributed by atoms with Crippen LogP contribution < -0.4 is 16.0 Å². The van der Waals surface area contributed by atoms with Crippen LogP contribution in [-0.4, -0.2) is 47.8 Å². The van der Waals surface area contributed by atoms with Gasteiger partial charge < -0.3 is 15.5 Å². The number of imide groups is 1. The summed E-state index contributed by atoms with van der Waals surface area (Å²) < 4.78 is 0. The lowest BCUT2D eigenvalue weighted by Crippen LogP contribution is -2.52. The number of hydrogen-bond acceptors (Lipinski definition) is 5. The van der Waals surface area contributed by atoms with Crippen molar-refractivity contribution < 1.29 is 14.4 Å². The molecule has 2 unspecified atom stereocenters. The molecule has 0 radical (unpaired) electrons. The zero-order valence-corrected chi connectivity index (χ0v) is 16.1. The molecule has 1 aromatic rings. The normalized spacial score (nSPS) is 25.0. The predicted molar refractivity (Wildman–Crippen MR) is 104 cm³/mol. The summed E-state index contributed by atoms with van der Waals surface area (Å²) in [6.45, 7) is 3.20. The molecule has 3 amide bonds. The fraction of sp³-hybridized carbons (Fsp3) is 0.571. The van der Waals surface area contributed by atoms with Crippen molar-refractivity contribution in [2.45, 2.75) is 63.7 Å². The van der Waals surface area contributed by atoms with Gasteiger partial charge in [-0.25, -0.2) is 0 Å². The van der Waals surface area contributed by atoms with E-state index in [2.05, 4.69) is 16.0 Å². The van der Waals surface area contributed by atoms with Gasteiger partial charge in [0.2, 0.25) is 11.8 Å². The molecule has 0 saturated carbocycles. The molecular formula is C21H28N4O3. The molecule has 0 aromatic heterocycles. The van der Waals surface area contributed by atoms with E-state index in [0.717, 1.165) is 30.6 Å². The summed E-state index contributed by atoms with van der Waals surface area (Å²) in [6.07, 6.45) is 5.61. The number of hydrogen-bond donors (Lipinski definition) is 3. The average molecular weight is 384 g/mol. The van der Waals surface area contributed by atoms with E-state index in [1.807, 2.05) is 18.2 Å². The lowest BCUT2D eigenvalue weighted by Gasteiger charge is -2.29. The summed E-state index contributed by atoms with van der Waals surface area (Å²) in [5.41, 5.74) is 2.79. The van der Waals surface area contributed by atoms with Crippen molar-refractivity contribution in [2.24, 2.45) is 0 Å². The number of benzene rings is 1. The summed E-state index contributed by atoms with van der Waals surface area (Å²) in [6, 6.07) is 5.83. The highest BCUT2D eigenvalue weighted by atomic mass is 16.2. The maximum atomic E-state index is 12.8. The van der Waals surface area contributed by atoms with Gasteiger partial charge in [-0.1, -0.05) is 18.6 Å². The Balaban J connectivity index is 1.37. The molecule has 150 valence electrons. The summed E-state index contributed by atoms with van der Waals surface area (Å²) in [5.74, 6) is -0.738. The number of carbonyl (C=O) groups is 3. The maximum absolute atomic E-state index is 12.8. The highest BCUT2D eigenvalue weighted by Gasteiger charge is 2.39. The average Bonchev–Trinajstić information content (AvgIpc) is 3.03. The topological polar surface area (TPSA) is 90.5 Å². The minimum Gasteiger partial charge on any atom is -0.322 e. The van der Waals surface area contributed by atoms with Gasteiger partial charge in [0.1, 0.15) is 6.04 Å². The Labute approximate surface area is 165 Å². The first-order valence-electron chi connectivity index (χ1n) is 10.3. The third kappa shape index (κ3) is 3.95. The number of carbonyl (C=O) groups excluding carboxylic acids is 3. The molecule has 3 aliphatic rings. The fourth-order valence-electron chi connectivity index (χ4n) is 4.49. The van der Waals surface area contributed by atoms with Gasteiger partial charge in [-0.05, 0) is 56.0 Å². The first-order chi connectivity index (χ1) is 13.6. The van der Waals surface area contributed by atoms with Crippen LogP contribution in [0.4, 0.5) is 0 Å². The van der Waals surface area contributed by atoms with Gasteiger partial charge in [0, 0.05) is 31.1 Å². The first-order valence-corrected chi connectivity index (χ1v) is 10.3. The second kappa shape index (κ2) is 8.41. The summed E-state index contributed by atoms with van der Waals surface area (Å²) in [4.78, 5) is 38.0. The number of rotatable bonds is 6. The van der Waals surface area contributed by atoms with Crippen LogP contribution in [0.1, 0.15) is 60.0 Å². The van der Waals surface area contributed by atoms with Crippen LogP contribution in [0, 0.1) is 0 Å². The molecule has 2 saturated heterocycles. The summed E-state index contributed by atoms with van der Waals surface area (Å²) >= 11 is 0. The number of nitrogens with one attached hydrogen (secondary N) is 3. The predicted octanol–water partition coefficient (Wildman–Crippen LogP) is 1.07. The van der Waals surface area contributed by atoms with E-state index in [0.29, 0.717) is 31.1 Å². The van der Waals surface area contributed by atoms with Crippen molar-refractivity contribution in [3.63, 3.8) is 0 Å². The van der Waals surface area contributed by atoms with Crippen molar-refractivity contribution in [1.82, 2.24) is 20.9 Å². The third-order valence-corrected chi connectivity index (χ3v) is 6.08. The van der Waals surface area contributed by atoms with Crippen LogP contribution in [0.25, 0.3) is 0 Å². The van der Waals surface area contributed by atoms with Crippen molar-refractivity contribution in [1.29, 1.82) is 0 Å². The Morgan fingerprint density at radius 1 is 1.14 bits per heavy atom. The molecule has 4 rings (SSSR count). The molecule has 3 heterocycles. The van der Waals surface area contributed by atoms with E-state index in [1.54, 1.807) is 4.90 Å². The second-order valence-corrected chi connectivity index (χ2v) is 7.96. The molecule has 28 heavy (non-hydrogen) atoms. The zero-order chi connectivity index (χ0) is 19.5. The molecule has 0 bridgehead atoms. The largest absolute Gasteiger partial charge is 0.322 e. The maximum Gasteiger partial charge on any atom is 0.255 e. The Morgan fingerprint density at radius 3 is 2.82 bits per heavy atom. The number of fused-ring (bicyclic) bond motifs is 1. The Morgan fingerprint density at radius 2 is 2.04 bits per heavy atom. The lowest BCUT2D eigenvalue weighted by atomic mass is 10.0. The Bertz CT molecular complexity index is 773. The molecule has 2 fully saturated rings. The monoisotopic (exact) mass is 384 g/mol. The SMILES string of the molecule is O=C1CCC(N2Cc3c(CNCCC4CCCCN4)cccc3C2=O)C(=O)N1. The fourth-order valence-corrected chi connectivity index (χ4v) is 4.49. The van der Waals surface area contributed by atoms with Crippen LogP contribution in [-0.2, 0) is 22.7 Å². The smallest absolute Gasteiger partial charge is 0.255 e. The van der Waals surface area contributed by atoms with Crippen molar-refractivity contribution in [2.75, 3.05) is 13.1 Å². The van der Waals surface area contributed by atoms with Gasteiger partial charge >= 0.3 is 0 Å². The van der Waals surface area contributed by atoms with Crippen LogP contribution in [0.15, 0.2) is 18.2 Å². The highest BCUT2D eigenvalue weighted by Crippen LogP contribution is 2.29. The Kier molecular flexibility index (Phi) is 5.73. The zero-order valence-electron chi connectivity index (χ0n) is 16.1. The standard InChI is InChI=1S/C21H28N4O3/c26-19-8-7-18(20(27)24-19)25-13-17-14(4-3-6-16(17)21(25)28)12-22-11-9-15-5-1-2-10-23-15/h3-4,6,15,18,22-23H,1-2,5,7-13H2,(H,24,26,27). The van der Waals surface area contributed by atoms with E-state index >= 15 is 0 Å². The van der Waals surface area contributed by atoms with E-state index in [4.69, 9.17) is 0 Å². The first kappa shape index (κ1) is 19.1. The van der Waals surface area contributed by atoms with Gasteiger partial charge in [-0.3, -0.25) is 19.7 Å². The molecule has 0 aliphatic carbocycles. The summed E-state index contributed by atoms with van der Waals surface area (Å²) in [7, 11) is 0. The molecule has 7 nitrogen and oxygen atoms in total. The number of amides is 3. The second-order valence-electron chi connectivity index (χ2n) is 7.96. The Hall–Kier alpha value is -2.25. The van der Waals surface area contributed by atoms with Crippen LogP contribution in [0.5, 0.6) is 0 Å². The van der Waals surface area contributed by atoms with Gasteiger partial charge in [-0.2, -0.15) is 0 Å². The summed E-state index contributed by atoms with van der Waals surface area (Å²) in [5, 5.41) is 9.42. The van der Waals surface area contributed by atoms with Gasteiger partial charge in [-0.15, -0.1) is 0 Å². The molecule has 1 aromatic carbocycles. The van der Waals surface area contributed by atoms with Gasteiger partial charge in [0.25, 0.3) is 5.91 Å². The number of piperidine rings is 2. The molecule has 0 spiro atoms. The van der Waals surface area contributed by atoms with Crippen LogP contribution >= 0.6 is 0 Å². The lowest BCUT2D eigenvalue weighted by molar-refractivity contribution is -0.136. The number of nitrogens with zero attached hydrogens (tertiary/aromatic N) is 1. The van der Waals surface area contributed by atoms with Crippen molar-refractivity contribution in [3.8, 4) is 0 Å². The third-order valence-electron chi connectivity index (χ3n) is 6.08. The van der Waals surface area contributed by atoms with E-state index < -0.39 is 6.04 Å². The van der Waals surface area contributed by atoms with Crippen LogP contribution in [0.2, 0.25) is 0 Å². The van der Waals surface area contributed by atoms with Crippen molar-refractivity contribution >= 4 is 17.7 Å². The quantitative estimate of drug-likeness (QED) is 0.504. The molecular weight excluding hydrogens is 356 g/mol. The van der Waals surface area contributed by atoms with Crippen LogP contribution in [0.3, 0.4) is 0 Å². The van der Waals surface area contributed by atoms with E-state index in [-0.39, 0.29) is 24.1 Å². The molecule has 3 aliphatic heterocycles. The highest BCUT2D eigenvalue weighted by molar-refractivity contribution is 6.05. The van der Waals surface area contributed by atoms with Gasteiger partial charge in [0.05, 0.1) is 0 Å². The molecule has 7 heteroatoms. The van der Waals surface area contributed by atoms with E-state index in [1.165, 1.54) is 19.3 Å². The minimum atomic E-state index is -0.559. The van der Waals surface area contributed by atoms with Crippen molar-refractivity contribution in [3.05, 3.63) is 34.9 Å². The minimum absolute atomic E-state index is 0.113. The molecule has 3 N–H and O–H groups in total. The molecule has 2 atom stereocenters. The van der Waals surface area contributed by atoms with E-state index in [9.17, 15) is 14.4 Å².